The van der Waals surface area contributed by atoms with Gasteiger partial charge in [-0.15, -0.1) is 0 Å². The van der Waals surface area contributed by atoms with Gasteiger partial charge in [-0.3, -0.25) is 20.2 Å². The van der Waals surface area contributed by atoms with Crippen molar-refractivity contribution in [1.82, 2.24) is 9.88 Å². The molecule has 0 radical (unpaired) electrons. The predicted molar refractivity (Wildman–Crippen MR) is 104 cm³/mol. The molecular formula is C18H15F2N5O4. The first-order valence-electron chi connectivity index (χ1n) is 8.22. The molecule has 2 N–H and O–H groups in total. The van der Waals surface area contributed by atoms with E-state index < -0.39 is 38.5 Å². The number of nitro groups is 2. The van der Waals surface area contributed by atoms with Crippen molar-refractivity contribution < 1.29 is 18.6 Å². The van der Waals surface area contributed by atoms with E-state index in [9.17, 15) is 29.0 Å². The third-order valence-corrected chi connectivity index (χ3v) is 4.04. The van der Waals surface area contributed by atoms with Gasteiger partial charge in [-0.25, -0.2) is 4.39 Å². The van der Waals surface area contributed by atoms with Crippen molar-refractivity contribution in [2.24, 2.45) is 0 Å². The Hall–Kier alpha value is -4.02. The molecule has 0 atom stereocenters. The van der Waals surface area contributed by atoms with Crippen molar-refractivity contribution in [3.63, 3.8) is 0 Å². The van der Waals surface area contributed by atoms with Gasteiger partial charge in [0.2, 0.25) is 5.82 Å². The minimum Gasteiger partial charge on any atom is -0.383 e. The minimum absolute atomic E-state index is 0.179. The Morgan fingerprint density at radius 2 is 1.76 bits per heavy atom. The summed E-state index contributed by atoms with van der Waals surface area (Å²) in [6, 6.07) is 5.98. The van der Waals surface area contributed by atoms with Gasteiger partial charge in [0.15, 0.2) is 0 Å². The molecule has 0 saturated carbocycles. The van der Waals surface area contributed by atoms with Crippen LogP contribution < -0.4 is 5.32 Å². The molecule has 3 rings (SSSR count). The van der Waals surface area contributed by atoms with E-state index in [1.807, 2.05) is 0 Å². The lowest BCUT2D eigenvalue weighted by atomic mass is 10.1. The number of nitro benzene ring substituents is 2. The minimum atomic E-state index is -1.26. The maximum absolute atomic E-state index is 14.9. The van der Waals surface area contributed by atoms with Crippen molar-refractivity contribution in [3.8, 4) is 0 Å². The number of nitrogens with zero attached hydrogens (tertiary/aromatic N) is 3. The van der Waals surface area contributed by atoms with Crippen LogP contribution in [-0.2, 0) is 0 Å². The summed E-state index contributed by atoms with van der Waals surface area (Å²) in [5, 5.41) is 25.8. The zero-order chi connectivity index (χ0) is 21.3. The first-order chi connectivity index (χ1) is 13.7. The van der Waals surface area contributed by atoms with Crippen LogP contribution in [0.1, 0.15) is 5.56 Å². The van der Waals surface area contributed by atoms with Crippen LogP contribution in [0, 0.1) is 31.9 Å². The van der Waals surface area contributed by atoms with Crippen LogP contribution in [0.25, 0.3) is 17.0 Å². The summed E-state index contributed by atoms with van der Waals surface area (Å²) in [6.45, 7) is 0. The Morgan fingerprint density at radius 1 is 1.07 bits per heavy atom. The van der Waals surface area contributed by atoms with Crippen LogP contribution in [0.5, 0.6) is 0 Å². The summed E-state index contributed by atoms with van der Waals surface area (Å²) in [6.07, 6.45) is 2.72. The molecule has 0 saturated heterocycles. The SMILES string of the molecule is CN(C)C=Cc1c([N+](=O)[O-])cc([N+](=O)[O-])c(F)c1Nc1cc2cc(F)ccc2[nH]1. The summed E-state index contributed by atoms with van der Waals surface area (Å²) in [4.78, 5) is 25.2. The van der Waals surface area contributed by atoms with Crippen LogP contribution in [0.3, 0.4) is 0 Å². The van der Waals surface area contributed by atoms with Crippen LogP contribution >= 0.6 is 0 Å². The van der Waals surface area contributed by atoms with Crippen LogP contribution in [0.15, 0.2) is 36.5 Å². The molecule has 2 aromatic carbocycles. The molecule has 11 heteroatoms. The van der Waals surface area contributed by atoms with E-state index in [4.69, 9.17) is 0 Å². The number of hydrogen-bond donors (Lipinski definition) is 2. The molecule has 0 bridgehead atoms. The zero-order valence-electron chi connectivity index (χ0n) is 15.3. The predicted octanol–water partition coefficient (Wildman–Crippen LogP) is 4.54. The topological polar surface area (TPSA) is 117 Å². The average molecular weight is 403 g/mol. The molecule has 9 nitrogen and oxygen atoms in total. The van der Waals surface area contributed by atoms with Gasteiger partial charge in [-0.05, 0) is 36.5 Å². The van der Waals surface area contributed by atoms with Crippen molar-refractivity contribution in [1.29, 1.82) is 0 Å². The Labute approximate surface area is 162 Å². The second-order valence-electron chi connectivity index (χ2n) is 6.35. The van der Waals surface area contributed by atoms with Gasteiger partial charge in [0.1, 0.15) is 11.6 Å². The number of rotatable bonds is 6. The zero-order valence-corrected chi connectivity index (χ0v) is 15.3. The molecule has 0 unspecified atom stereocenters. The van der Waals surface area contributed by atoms with E-state index >= 15 is 0 Å². The second-order valence-corrected chi connectivity index (χ2v) is 6.35. The van der Waals surface area contributed by atoms with E-state index in [0.29, 0.717) is 17.0 Å². The van der Waals surface area contributed by atoms with E-state index in [-0.39, 0.29) is 11.4 Å². The summed E-state index contributed by atoms with van der Waals surface area (Å²) in [7, 11) is 3.31. The Morgan fingerprint density at radius 3 is 2.38 bits per heavy atom. The van der Waals surface area contributed by atoms with Gasteiger partial charge in [0, 0.05) is 25.0 Å². The van der Waals surface area contributed by atoms with E-state index in [2.05, 4.69) is 10.3 Å². The quantitative estimate of drug-likeness (QED) is 0.461. The average Bonchev–Trinajstić information content (AvgIpc) is 3.02. The number of aromatic nitrogens is 1. The lowest BCUT2D eigenvalue weighted by Crippen LogP contribution is -2.06. The highest BCUT2D eigenvalue weighted by Crippen LogP contribution is 2.38. The fraction of sp³-hybridized carbons (Fsp3) is 0.111. The maximum Gasteiger partial charge on any atom is 0.313 e. The summed E-state index contributed by atoms with van der Waals surface area (Å²) in [5.74, 6) is -1.56. The molecule has 29 heavy (non-hydrogen) atoms. The monoisotopic (exact) mass is 403 g/mol. The first-order valence-corrected chi connectivity index (χ1v) is 8.22. The third kappa shape index (κ3) is 3.98. The Kier molecular flexibility index (Phi) is 5.13. The molecule has 3 aromatic rings. The number of H-pyrrole nitrogens is 1. The smallest absolute Gasteiger partial charge is 0.313 e. The molecule has 0 amide bonds. The summed E-state index contributed by atoms with van der Waals surface area (Å²) in [5.41, 5.74) is -1.78. The van der Waals surface area contributed by atoms with Gasteiger partial charge in [-0.1, -0.05) is 0 Å². The molecule has 1 heterocycles. The molecule has 0 fully saturated rings. The molecule has 0 aliphatic rings. The van der Waals surface area contributed by atoms with E-state index in [1.165, 1.54) is 36.5 Å². The number of anilines is 2. The van der Waals surface area contributed by atoms with E-state index in [1.54, 1.807) is 19.0 Å². The van der Waals surface area contributed by atoms with Gasteiger partial charge < -0.3 is 15.2 Å². The third-order valence-electron chi connectivity index (χ3n) is 4.04. The van der Waals surface area contributed by atoms with Gasteiger partial charge >= 0.3 is 5.69 Å². The number of nitrogens with one attached hydrogen (secondary N) is 2. The van der Waals surface area contributed by atoms with Crippen LogP contribution in [0.4, 0.5) is 31.7 Å². The number of fused-ring (bicyclic) bond motifs is 1. The molecule has 0 aliphatic carbocycles. The van der Waals surface area contributed by atoms with Gasteiger partial charge in [0.05, 0.1) is 27.2 Å². The number of hydrogen-bond acceptors (Lipinski definition) is 6. The highest BCUT2D eigenvalue weighted by atomic mass is 19.1. The molecule has 1 aromatic heterocycles. The fourth-order valence-corrected chi connectivity index (χ4v) is 2.75. The Balaban J connectivity index is 2.22. The highest BCUT2D eigenvalue weighted by molar-refractivity contribution is 5.87. The normalized spacial score (nSPS) is 11.2. The summed E-state index contributed by atoms with van der Waals surface area (Å²) >= 11 is 0. The van der Waals surface area contributed by atoms with Crippen molar-refractivity contribution >= 4 is 39.9 Å². The molecule has 150 valence electrons. The fourth-order valence-electron chi connectivity index (χ4n) is 2.75. The molecule has 0 aliphatic heterocycles. The maximum atomic E-state index is 14.9. The number of halogens is 2. The standard InChI is InChI=1S/C18H15F2N5O4/c1-23(2)6-5-12-14(24(26)27)9-15(25(28)29)17(20)18(12)22-16-8-10-7-11(19)3-4-13(10)21-16/h3-9,21-22H,1-2H3. The van der Waals surface area contributed by atoms with E-state index in [0.717, 1.165) is 0 Å². The van der Waals surface area contributed by atoms with Gasteiger partial charge in [-0.2, -0.15) is 4.39 Å². The van der Waals surface area contributed by atoms with Crippen LogP contribution in [-0.4, -0.2) is 33.8 Å². The first kappa shape index (κ1) is 19.7. The van der Waals surface area contributed by atoms with Crippen molar-refractivity contribution in [2.75, 3.05) is 19.4 Å². The Bertz CT molecular complexity index is 1160. The number of aromatic amines is 1. The lowest BCUT2D eigenvalue weighted by Gasteiger charge is -2.11. The molecule has 0 spiro atoms. The second kappa shape index (κ2) is 7.54. The van der Waals surface area contributed by atoms with Crippen molar-refractivity contribution in [2.45, 2.75) is 0 Å². The number of benzene rings is 2. The largest absolute Gasteiger partial charge is 0.383 e. The van der Waals surface area contributed by atoms with Crippen molar-refractivity contribution in [3.05, 3.63) is 74.0 Å². The van der Waals surface area contributed by atoms with Gasteiger partial charge in [0.25, 0.3) is 5.69 Å². The lowest BCUT2D eigenvalue weighted by molar-refractivity contribution is -0.395. The molecular weight excluding hydrogens is 388 g/mol. The summed E-state index contributed by atoms with van der Waals surface area (Å²) < 4.78 is 28.3. The van der Waals surface area contributed by atoms with Crippen LogP contribution in [0.2, 0.25) is 0 Å². The highest BCUT2D eigenvalue weighted by Gasteiger charge is 2.29.